The first-order valence-corrected chi connectivity index (χ1v) is 17.1. The average molecular weight is 661 g/mol. The maximum absolute atomic E-state index is 14.1. The first-order chi connectivity index (χ1) is 21.5. The first kappa shape index (κ1) is 32.8. The summed E-state index contributed by atoms with van der Waals surface area (Å²) in [6.45, 7) is 8.81. The summed E-state index contributed by atoms with van der Waals surface area (Å²) < 4.78 is 5.46. The van der Waals surface area contributed by atoms with E-state index in [0.29, 0.717) is 32.8 Å². The zero-order valence-electron chi connectivity index (χ0n) is 25.8. The number of ether oxygens (including phenoxy) is 1. The van der Waals surface area contributed by atoms with Crippen molar-refractivity contribution < 1.29 is 19.1 Å². The summed E-state index contributed by atoms with van der Waals surface area (Å²) in [6.07, 6.45) is 2.64. The highest BCUT2D eigenvalue weighted by Crippen LogP contribution is 2.45. The molecule has 4 aromatic rings. The third-order valence-corrected chi connectivity index (χ3v) is 10.6. The lowest BCUT2D eigenvalue weighted by Crippen LogP contribution is -2.26. The van der Waals surface area contributed by atoms with Gasteiger partial charge in [0.25, 0.3) is 5.91 Å². The number of hydrogen-bond donors (Lipinski definition) is 2. The van der Waals surface area contributed by atoms with Gasteiger partial charge in [-0.1, -0.05) is 74.8 Å². The molecule has 234 valence electrons. The van der Waals surface area contributed by atoms with E-state index in [0.717, 1.165) is 40.2 Å². The van der Waals surface area contributed by atoms with Crippen molar-refractivity contribution in [3.63, 3.8) is 0 Å². The van der Waals surface area contributed by atoms with E-state index in [1.807, 2.05) is 48.5 Å². The van der Waals surface area contributed by atoms with Crippen LogP contribution in [0.25, 0.3) is 0 Å². The van der Waals surface area contributed by atoms with Gasteiger partial charge in [-0.05, 0) is 85.0 Å². The summed E-state index contributed by atoms with van der Waals surface area (Å²) in [7, 11) is 0. The van der Waals surface area contributed by atoms with Crippen molar-refractivity contribution in [1.82, 2.24) is 0 Å². The van der Waals surface area contributed by atoms with Gasteiger partial charge in [0.1, 0.15) is 10.3 Å². The highest BCUT2D eigenvalue weighted by Gasteiger charge is 2.35. The van der Waals surface area contributed by atoms with Gasteiger partial charge in [-0.25, -0.2) is 4.79 Å². The Morgan fingerprint density at radius 2 is 1.76 bits per heavy atom. The fourth-order valence-corrected chi connectivity index (χ4v) is 8.12. The minimum atomic E-state index is -0.624. The Hall–Kier alpha value is -3.59. The van der Waals surface area contributed by atoms with Gasteiger partial charge in [-0.15, -0.1) is 23.1 Å². The molecule has 45 heavy (non-hydrogen) atoms. The number of fused-ring (bicyclic) bond motifs is 1. The van der Waals surface area contributed by atoms with Crippen LogP contribution in [0.15, 0.2) is 83.8 Å². The van der Waals surface area contributed by atoms with Crippen LogP contribution in [0.2, 0.25) is 5.02 Å². The van der Waals surface area contributed by atoms with Crippen molar-refractivity contribution in [2.45, 2.75) is 57.1 Å². The summed E-state index contributed by atoms with van der Waals surface area (Å²) in [6, 6.07) is 23.7. The number of nitrogens with one attached hydrogen (secondary N) is 2. The highest BCUT2D eigenvalue weighted by atomic mass is 35.5. The zero-order valence-corrected chi connectivity index (χ0v) is 28.2. The zero-order chi connectivity index (χ0) is 32.1. The number of rotatable bonds is 9. The standard InChI is InChI=1S/C36H37ClN2O4S2/c1-5-43-35(42)30-28-18-17-24(36(2,3)4)20-29(28)45-34(30)39-33(41)31(22-11-7-6-8-12-22)44-27-16-10-15-26(21-27)38-32(40)23-13-9-14-25(37)19-23/h6-16,19,21,24,31H,5,17-18,20H2,1-4H3,(H,38,40)(H,39,41). The molecule has 0 saturated carbocycles. The lowest BCUT2D eigenvalue weighted by Gasteiger charge is -2.33. The lowest BCUT2D eigenvalue weighted by atomic mass is 9.72. The van der Waals surface area contributed by atoms with Gasteiger partial charge in [0.2, 0.25) is 5.91 Å². The van der Waals surface area contributed by atoms with Crippen LogP contribution in [0, 0.1) is 11.3 Å². The fraction of sp³-hybridized carbons (Fsp3) is 0.306. The largest absolute Gasteiger partial charge is 0.462 e. The summed E-state index contributed by atoms with van der Waals surface area (Å²) in [5, 5.41) is 6.45. The van der Waals surface area contributed by atoms with Crippen LogP contribution in [0.4, 0.5) is 10.7 Å². The van der Waals surface area contributed by atoms with Crippen molar-refractivity contribution in [3.8, 4) is 0 Å². The molecule has 0 radical (unpaired) electrons. The molecule has 2 amide bonds. The number of benzene rings is 3. The predicted octanol–water partition coefficient (Wildman–Crippen LogP) is 9.45. The van der Waals surface area contributed by atoms with Gasteiger partial charge in [0.05, 0.1) is 12.2 Å². The van der Waals surface area contributed by atoms with Gasteiger partial charge in [-0.3, -0.25) is 9.59 Å². The number of thioether (sulfide) groups is 1. The van der Waals surface area contributed by atoms with Gasteiger partial charge in [0.15, 0.2) is 0 Å². The van der Waals surface area contributed by atoms with E-state index in [2.05, 4.69) is 31.4 Å². The van der Waals surface area contributed by atoms with E-state index >= 15 is 0 Å². The molecule has 0 saturated heterocycles. The van der Waals surface area contributed by atoms with E-state index in [1.54, 1.807) is 37.3 Å². The third kappa shape index (κ3) is 7.98. The number of carbonyl (C=O) groups excluding carboxylic acids is 3. The molecule has 1 aliphatic carbocycles. The minimum Gasteiger partial charge on any atom is -0.462 e. The normalized spacial score (nSPS) is 15.1. The summed E-state index contributed by atoms with van der Waals surface area (Å²) in [4.78, 5) is 42.1. The monoisotopic (exact) mass is 660 g/mol. The van der Waals surface area contributed by atoms with Crippen LogP contribution in [0.3, 0.4) is 0 Å². The van der Waals surface area contributed by atoms with Crippen molar-refractivity contribution in [2.75, 3.05) is 17.2 Å². The van der Waals surface area contributed by atoms with Crippen LogP contribution < -0.4 is 10.6 Å². The van der Waals surface area contributed by atoms with Gasteiger partial charge < -0.3 is 15.4 Å². The van der Waals surface area contributed by atoms with E-state index in [-0.39, 0.29) is 23.8 Å². The van der Waals surface area contributed by atoms with Crippen molar-refractivity contribution in [1.29, 1.82) is 0 Å². The molecular weight excluding hydrogens is 624 g/mol. The quantitative estimate of drug-likeness (QED) is 0.138. The van der Waals surface area contributed by atoms with Crippen LogP contribution in [0.5, 0.6) is 0 Å². The first-order valence-electron chi connectivity index (χ1n) is 15.0. The molecule has 1 heterocycles. The molecule has 0 aliphatic heterocycles. The molecular formula is C36H37ClN2O4S2. The summed E-state index contributed by atoms with van der Waals surface area (Å²) in [5.74, 6) is -0.428. The second-order valence-corrected chi connectivity index (χ2v) is 14.8. The topological polar surface area (TPSA) is 84.5 Å². The van der Waals surface area contributed by atoms with E-state index < -0.39 is 11.2 Å². The summed E-state index contributed by atoms with van der Waals surface area (Å²) >= 11 is 8.94. The Balaban J connectivity index is 1.42. The van der Waals surface area contributed by atoms with Crippen molar-refractivity contribution in [2.24, 2.45) is 11.3 Å². The maximum atomic E-state index is 14.1. The van der Waals surface area contributed by atoms with Crippen LogP contribution in [-0.4, -0.2) is 24.4 Å². The summed E-state index contributed by atoms with van der Waals surface area (Å²) in [5.41, 5.74) is 3.50. The Labute approximate surface area is 277 Å². The van der Waals surface area contributed by atoms with Gasteiger partial charge in [-0.2, -0.15) is 0 Å². The molecule has 2 atom stereocenters. The molecule has 6 nitrogen and oxygen atoms in total. The van der Waals surface area contributed by atoms with Crippen molar-refractivity contribution >= 4 is 63.2 Å². The molecule has 5 rings (SSSR count). The SMILES string of the molecule is CCOC(=O)c1c(NC(=O)C(Sc2cccc(NC(=O)c3cccc(Cl)c3)c2)c2ccccc2)sc2c1CCC(C(C)(C)C)C2. The number of thiophene rings is 1. The second kappa shape index (κ2) is 14.2. The fourth-order valence-electron chi connectivity index (χ4n) is 5.53. The Bertz CT molecular complexity index is 1700. The van der Waals surface area contributed by atoms with Gasteiger partial charge >= 0.3 is 5.97 Å². The molecule has 9 heteroatoms. The Morgan fingerprint density at radius 1 is 1.00 bits per heavy atom. The van der Waals surface area contributed by atoms with E-state index in [4.69, 9.17) is 16.3 Å². The molecule has 2 unspecified atom stereocenters. The smallest absolute Gasteiger partial charge is 0.341 e. The number of carbonyl (C=O) groups is 3. The average Bonchev–Trinajstić information content (AvgIpc) is 3.37. The number of amides is 2. The Morgan fingerprint density at radius 3 is 2.47 bits per heavy atom. The van der Waals surface area contributed by atoms with Crippen LogP contribution in [0.1, 0.15) is 76.1 Å². The maximum Gasteiger partial charge on any atom is 0.341 e. The number of esters is 1. The minimum absolute atomic E-state index is 0.145. The van der Waals surface area contributed by atoms with Gasteiger partial charge in [0, 0.05) is 26.0 Å². The number of halogens is 1. The molecule has 3 aromatic carbocycles. The van der Waals surface area contributed by atoms with Crippen LogP contribution >= 0.6 is 34.7 Å². The molecule has 1 aromatic heterocycles. The number of hydrogen-bond acceptors (Lipinski definition) is 6. The molecule has 0 bridgehead atoms. The predicted molar refractivity (Wildman–Crippen MR) is 185 cm³/mol. The highest BCUT2D eigenvalue weighted by molar-refractivity contribution is 8.00. The molecule has 2 N–H and O–H groups in total. The van der Waals surface area contributed by atoms with E-state index in [1.165, 1.54) is 23.1 Å². The lowest BCUT2D eigenvalue weighted by molar-refractivity contribution is -0.115. The van der Waals surface area contributed by atoms with E-state index in [9.17, 15) is 14.4 Å². The Kier molecular flexibility index (Phi) is 10.4. The third-order valence-electron chi connectivity index (χ3n) is 7.98. The van der Waals surface area contributed by atoms with Crippen molar-refractivity contribution in [3.05, 3.63) is 111 Å². The number of anilines is 2. The second-order valence-electron chi connectivity index (χ2n) is 12.1. The molecule has 0 spiro atoms. The molecule has 1 aliphatic rings. The van der Waals surface area contributed by atoms with Crippen LogP contribution in [-0.2, 0) is 22.4 Å². The molecule has 0 fully saturated rings.